The zero-order chi connectivity index (χ0) is 7.33. The first-order valence-corrected chi connectivity index (χ1v) is 2.72. The Balaban J connectivity index is 3.17. The van der Waals surface area contributed by atoms with Gasteiger partial charge in [0.2, 0.25) is 0 Å². The maximum Gasteiger partial charge on any atom is 0.142 e. The number of hydrogen-bond acceptors (Lipinski definition) is 3. The van der Waals surface area contributed by atoms with Gasteiger partial charge < -0.3 is 5.21 Å². The lowest BCUT2D eigenvalue weighted by Gasteiger charge is -2.22. The monoisotopic (exact) mass is 133 g/mol. The molecule has 4 nitrogen and oxygen atoms in total. The lowest BCUT2D eigenvalue weighted by molar-refractivity contribution is -1.21. The maximum absolute atomic E-state index is 9.99. The van der Waals surface area contributed by atoms with E-state index in [0.717, 1.165) is 0 Å². The van der Waals surface area contributed by atoms with Crippen LogP contribution >= 0.6 is 0 Å². The molecule has 0 atom stereocenters. The highest BCUT2D eigenvalue weighted by atomic mass is 17.1. The number of nitrogens with zero attached hydrogens (tertiary/aromatic N) is 1. The molecule has 0 spiro atoms. The molecule has 0 bridgehead atoms. The Hall–Kier alpha value is -0.420. The van der Waals surface area contributed by atoms with Gasteiger partial charge in [-0.15, -0.1) is 6.58 Å². The molecule has 0 aliphatic rings. The van der Waals surface area contributed by atoms with Gasteiger partial charge in [0.05, 0.1) is 0 Å². The molecule has 54 valence electrons. The largest absolute Gasteiger partial charge is 0.564 e. The lowest BCUT2D eigenvalue weighted by atomic mass is 10.3. The third kappa shape index (κ3) is 7.58. The van der Waals surface area contributed by atoms with Gasteiger partial charge in [-0.2, -0.15) is 10.4 Å². The van der Waals surface area contributed by atoms with E-state index in [1.807, 2.05) is 0 Å². The quantitative estimate of drug-likeness (QED) is 0.261. The fourth-order valence-corrected chi connectivity index (χ4v) is 0.442. The van der Waals surface area contributed by atoms with Gasteiger partial charge >= 0.3 is 0 Å². The van der Waals surface area contributed by atoms with Gasteiger partial charge in [-0.1, -0.05) is 11.0 Å². The predicted molar refractivity (Wildman–Crippen MR) is 31.5 cm³/mol. The Kier molecular flexibility index (Phi) is 3.41. The van der Waals surface area contributed by atoms with Crippen molar-refractivity contribution >= 4 is 0 Å². The van der Waals surface area contributed by atoms with Crippen LogP contribution in [0.15, 0.2) is 12.7 Å². The Labute approximate surface area is 53.7 Å². The van der Waals surface area contributed by atoms with Crippen molar-refractivity contribution in [2.24, 2.45) is 0 Å². The average molecular weight is 133 g/mol. The van der Waals surface area contributed by atoms with E-state index >= 15 is 0 Å². The van der Waals surface area contributed by atoms with Crippen LogP contribution in [0.1, 0.15) is 12.8 Å². The van der Waals surface area contributed by atoms with Crippen molar-refractivity contribution < 1.29 is 15.4 Å². The minimum absolute atomic E-state index is 0.202. The molecule has 0 rings (SSSR count). The number of hydrogen-bond donors (Lipinski definition) is 2. The molecule has 4 heteroatoms. The standard InChI is InChI=1S/C5H11NO3/c1-2-3-4-5-6(7,8)9/h2,7-8H,1,3-5H2. The zero-order valence-electron chi connectivity index (χ0n) is 5.16. The topological polar surface area (TPSA) is 63.5 Å². The second kappa shape index (κ2) is 3.58. The highest BCUT2D eigenvalue weighted by Gasteiger charge is 2.05. The van der Waals surface area contributed by atoms with Crippen molar-refractivity contribution in [1.82, 2.24) is 0 Å². The smallest absolute Gasteiger partial charge is 0.142 e. The first-order chi connectivity index (χ1) is 4.06. The van der Waals surface area contributed by atoms with Crippen LogP contribution in [0.5, 0.6) is 0 Å². The summed E-state index contributed by atoms with van der Waals surface area (Å²) in [6, 6.07) is 0. The van der Waals surface area contributed by atoms with Crippen molar-refractivity contribution in [1.29, 1.82) is 0 Å². The van der Waals surface area contributed by atoms with E-state index in [0.29, 0.717) is 12.8 Å². The van der Waals surface area contributed by atoms with Gasteiger partial charge in [-0.25, -0.2) is 0 Å². The first kappa shape index (κ1) is 8.58. The van der Waals surface area contributed by atoms with Crippen LogP contribution < -0.4 is 0 Å². The molecule has 0 aromatic carbocycles. The number of rotatable bonds is 4. The molecule has 2 N–H and O–H groups in total. The first-order valence-electron chi connectivity index (χ1n) is 2.72. The summed E-state index contributed by atoms with van der Waals surface area (Å²) in [5.74, 6) is 0. The Morgan fingerprint density at radius 2 is 2.11 bits per heavy atom. The third-order valence-electron chi connectivity index (χ3n) is 0.858. The van der Waals surface area contributed by atoms with Gasteiger partial charge in [0.1, 0.15) is 6.54 Å². The van der Waals surface area contributed by atoms with Gasteiger partial charge in [-0.3, -0.25) is 0 Å². The van der Waals surface area contributed by atoms with E-state index in [9.17, 15) is 5.21 Å². The number of unbranched alkanes of at least 4 members (excludes halogenated alkanes) is 1. The van der Waals surface area contributed by atoms with E-state index in [1.165, 1.54) is 0 Å². The summed E-state index contributed by atoms with van der Waals surface area (Å²) in [7, 11) is 0. The molecule has 0 aromatic heterocycles. The molecule has 0 aliphatic heterocycles. The van der Waals surface area contributed by atoms with Crippen molar-refractivity contribution in [3.63, 3.8) is 0 Å². The number of allylic oxidation sites excluding steroid dienone is 1. The van der Waals surface area contributed by atoms with Crippen LogP contribution in [0.4, 0.5) is 0 Å². The molecule has 0 unspecified atom stereocenters. The summed E-state index contributed by atoms with van der Waals surface area (Å²) in [6.45, 7) is 3.21. The van der Waals surface area contributed by atoms with Gasteiger partial charge in [0.25, 0.3) is 0 Å². The molecule has 0 radical (unpaired) electrons. The molecule has 0 fully saturated rings. The summed E-state index contributed by atoms with van der Waals surface area (Å²) < 4.78 is 0. The maximum atomic E-state index is 9.99. The second-order valence-corrected chi connectivity index (χ2v) is 1.82. The molecule has 0 saturated carbocycles. The van der Waals surface area contributed by atoms with Gasteiger partial charge in [0.15, 0.2) is 0 Å². The minimum Gasteiger partial charge on any atom is -0.564 e. The molecule has 9 heavy (non-hydrogen) atoms. The molecule has 0 aliphatic carbocycles. The average Bonchev–Trinajstić information content (AvgIpc) is 1.63. The Morgan fingerprint density at radius 1 is 1.56 bits per heavy atom. The highest BCUT2D eigenvalue weighted by Crippen LogP contribution is 1.97. The summed E-state index contributed by atoms with van der Waals surface area (Å²) >= 11 is 0. The van der Waals surface area contributed by atoms with Crippen molar-refractivity contribution in [2.75, 3.05) is 6.54 Å². The zero-order valence-corrected chi connectivity index (χ0v) is 5.16. The summed E-state index contributed by atoms with van der Waals surface area (Å²) in [4.78, 5) is -2.19. The Morgan fingerprint density at radius 3 is 2.44 bits per heavy atom. The molecular weight excluding hydrogens is 122 g/mol. The summed E-state index contributed by atoms with van der Waals surface area (Å²) in [6.07, 6.45) is 2.69. The van der Waals surface area contributed by atoms with Crippen LogP contribution in [0.3, 0.4) is 0 Å². The minimum atomic E-state index is -2.19. The molecule has 0 aromatic rings. The van der Waals surface area contributed by atoms with Crippen LogP contribution in [0.2, 0.25) is 0 Å². The van der Waals surface area contributed by atoms with E-state index in [-0.39, 0.29) is 6.54 Å². The van der Waals surface area contributed by atoms with E-state index in [2.05, 4.69) is 6.58 Å². The van der Waals surface area contributed by atoms with Gasteiger partial charge in [-0.05, 0) is 6.42 Å². The van der Waals surface area contributed by atoms with Crippen LogP contribution in [0, 0.1) is 5.21 Å². The van der Waals surface area contributed by atoms with E-state index in [4.69, 9.17) is 10.4 Å². The normalized spacial score (nSPS) is 11.4. The molecule has 0 heterocycles. The molecule has 0 amide bonds. The van der Waals surface area contributed by atoms with Crippen LogP contribution in [-0.4, -0.2) is 21.9 Å². The number of quaternary nitrogens is 1. The van der Waals surface area contributed by atoms with E-state index < -0.39 is 4.97 Å². The molecular formula is C5H11NO3. The number of hydroxylamine groups is 3. The second-order valence-electron chi connectivity index (χ2n) is 1.82. The third-order valence-corrected chi connectivity index (χ3v) is 0.858. The highest BCUT2D eigenvalue weighted by molar-refractivity contribution is 4.64. The fraction of sp³-hybridized carbons (Fsp3) is 0.600. The Bertz CT molecular complexity index is 86.7. The van der Waals surface area contributed by atoms with Crippen molar-refractivity contribution in [3.05, 3.63) is 17.9 Å². The van der Waals surface area contributed by atoms with Gasteiger partial charge in [0, 0.05) is 6.42 Å². The lowest BCUT2D eigenvalue weighted by Crippen LogP contribution is -2.34. The van der Waals surface area contributed by atoms with Crippen LogP contribution in [-0.2, 0) is 0 Å². The predicted octanol–water partition coefficient (Wildman–Crippen LogP) is 1.05. The summed E-state index contributed by atoms with van der Waals surface area (Å²) in [5.41, 5.74) is 0. The van der Waals surface area contributed by atoms with Crippen molar-refractivity contribution in [3.8, 4) is 0 Å². The summed E-state index contributed by atoms with van der Waals surface area (Å²) in [5, 5.41) is 26.3. The van der Waals surface area contributed by atoms with Crippen LogP contribution in [0.25, 0.3) is 0 Å². The van der Waals surface area contributed by atoms with Crippen molar-refractivity contribution in [2.45, 2.75) is 12.8 Å². The molecule has 0 saturated heterocycles. The van der Waals surface area contributed by atoms with E-state index in [1.54, 1.807) is 6.08 Å². The fourth-order valence-electron chi connectivity index (χ4n) is 0.442. The SMILES string of the molecule is C=CCCC[N+]([O-])(O)O.